The van der Waals surface area contributed by atoms with Crippen molar-refractivity contribution in [3.05, 3.63) is 0 Å². The highest BCUT2D eigenvalue weighted by atomic mass is 16.6. The van der Waals surface area contributed by atoms with Gasteiger partial charge in [0.2, 0.25) is 5.91 Å². The summed E-state index contributed by atoms with van der Waals surface area (Å²) in [6.07, 6.45) is 0.00235. The molecule has 0 saturated heterocycles. The molecule has 20 heteroatoms. The van der Waals surface area contributed by atoms with Gasteiger partial charge in [-0.1, -0.05) is 0 Å². The van der Waals surface area contributed by atoms with Crippen LogP contribution in [0.25, 0.3) is 0 Å². The molecule has 0 unspecified atom stereocenters. The van der Waals surface area contributed by atoms with E-state index in [4.69, 9.17) is 71.4 Å². The van der Waals surface area contributed by atoms with Crippen LogP contribution in [0.5, 0.6) is 0 Å². The number of hydrogen-bond donors (Lipinski definition) is 3. The summed E-state index contributed by atoms with van der Waals surface area (Å²) in [7, 11) is 0. The van der Waals surface area contributed by atoms with Gasteiger partial charge >= 0.3 is 12.1 Å². The lowest BCUT2D eigenvalue weighted by molar-refractivity contribution is -0.138. The van der Waals surface area contributed by atoms with Crippen molar-refractivity contribution in [2.24, 2.45) is 0 Å². The van der Waals surface area contributed by atoms with Gasteiger partial charge in [-0.05, 0) is 27.2 Å². The third-order valence-electron chi connectivity index (χ3n) is 6.73. The van der Waals surface area contributed by atoms with E-state index in [-0.39, 0.29) is 18.7 Å². The molecule has 0 atom stereocenters. The largest absolute Gasteiger partial charge is 0.481 e. The Kier molecular flexibility index (Phi) is 42.5. The van der Waals surface area contributed by atoms with Gasteiger partial charge in [0.1, 0.15) is 5.60 Å². The monoisotopic (exact) mass is 846 g/mol. The molecule has 58 heavy (non-hydrogen) atoms. The van der Waals surface area contributed by atoms with Gasteiger partial charge < -0.3 is 82.1 Å². The number of aliphatic carboxylic acids is 1. The number of carbonyl (C=O) groups is 3. The summed E-state index contributed by atoms with van der Waals surface area (Å²) in [4.78, 5) is 33.3. The highest BCUT2D eigenvalue weighted by molar-refractivity contribution is 5.80. The maximum absolute atomic E-state index is 11.5. The summed E-state index contributed by atoms with van der Waals surface area (Å²) >= 11 is 0. The molecular weight excluding hydrogens is 772 g/mol. The lowest BCUT2D eigenvalue weighted by Gasteiger charge is -2.19. The molecule has 0 aromatic rings. The van der Waals surface area contributed by atoms with Crippen LogP contribution in [-0.4, -0.2) is 214 Å². The Labute approximate surface area is 344 Å². The number of carboxylic acids is 1. The Balaban J connectivity index is 3.12. The molecule has 0 fully saturated rings. The quantitative estimate of drug-likeness (QED) is 0.0730. The van der Waals surface area contributed by atoms with E-state index >= 15 is 0 Å². The maximum atomic E-state index is 11.5. The summed E-state index contributed by atoms with van der Waals surface area (Å²) in [6, 6.07) is 0. The van der Waals surface area contributed by atoms with Crippen molar-refractivity contribution in [2.75, 3.05) is 185 Å². The molecule has 0 aliphatic carbocycles. The minimum Gasteiger partial charge on any atom is -0.481 e. The van der Waals surface area contributed by atoms with Crippen LogP contribution in [-0.2, 0) is 75.9 Å². The molecule has 0 aromatic heterocycles. The number of ether oxygens (including phenoxy) is 14. The number of carbonyl (C=O) groups excluding carboxylic acids is 2. The van der Waals surface area contributed by atoms with Gasteiger partial charge in [0.05, 0.1) is 172 Å². The first-order valence-corrected chi connectivity index (χ1v) is 20.2. The molecule has 0 aromatic carbocycles. The average Bonchev–Trinajstić information content (AvgIpc) is 3.18. The highest BCUT2D eigenvalue weighted by Crippen LogP contribution is 2.06. The predicted octanol–water partition coefficient (Wildman–Crippen LogP) is 1.10. The second kappa shape index (κ2) is 44.2. The molecule has 3 N–H and O–H groups in total. The van der Waals surface area contributed by atoms with Crippen molar-refractivity contribution in [3.63, 3.8) is 0 Å². The second-order valence-electron chi connectivity index (χ2n) is 13.0. The van der Waals surface area contributed by atoms with Crippen LogP contribution in [0, 0.1) is 0 Å². The standard InChI is InChI=1S/C38H74N2O18/c1-38(2,3)58-37(44)40-8-10-46-12-14-48-16-18-50-20-22-52-24-26-54-28-30-56-32-34-57-33-31-55-29-27-53-25-23-51-21-19-49-17-15-47-13-11-45-9-4-7-39-35(41)5-6-36(42)43/h4-34H2,1-3H3,(H,39,41)(H,40,44)(H,42,43). The third-order valence-corrected chi connectivity index (χ3v) is 6.73. The van der Waals surface area contributed by atoms with E-state index in [0.29, 0.717) is 191 Å². The molecule has 0 aliphatic rings. The van der Waals surface area contributed by atoms with E-state index in [1.54, 1.807) is 0 Å². The first-order valence-electron chi connectivity index (χ1n) is 20.2. The lowest BCUT2D eigenvalue weighted by atomic mass is 10.2. The minimum atomic E-state index is -0.987. The van der Waals surface area contributed by atoms with E-state index < -0.39 is 17.7 Å². The lowest BCUT2D eigenvalue weighted by Crippen LogP contribution is -2.34. The smallest absolute Gasteiger partial charge is 0.407 e. The van der Waals surface area contributed by atoms with E-state index in [0.717, 1.165) is 0 Å². The van der Waals surface area contributed by atoms with Crippen molar-refractivity contribution in [1.82, 2.24) is 10.6 Å². The molecule has 0 aliphatic heterocycles. The molecule has 0 heterocycles. The molecule has 2 amide bonds. The molecule has 0 spiro atoms. The fourth-order valence-corrected chi connectivity index (χ4v) is 3.99. The van der Waals surface area contributed by atoms with Crippen LogP contribution < -0.4 is 10.6 Å². The van der Waals surface area contributed by atoms with Crippen LogP contribution in [0.4, 0.5) is 4.79 Å². The Hall–Kier alpha value is -2.31. The zero-order valence-electron chi connectivity index (χ0n) is 35.3. The normalized spacial score (nSPS) is 11.6. The summed E-state index contributed by atoms with van der Waals surface area (Å²) in [5, 5.41) is 13.8. The van der Waals surface area contributed by atoms with Crippen LogP contribution >= 0.6 is 0 Å². The van der Waals surface area contributed by atoms with Gasteiger partial charge in [0, 0.05) is 26.1 Å². The van der Waals surface area contributed by atoms with E-state index in [2.05, 4.69) is 10.6 Å². The van der Waals surface area contributed by atoms with Crippen molar-refractivity contribution < 1.29 is 85.8 Å². The molecule has 344 valence electrons. The van der Waals surface area contributed by atoms with Gasteiger partial charge in [0.15, 0.2) is 0 Å². The predicted molar refractivity (Wildman–Crippen MR) is 209 cm³/mol. The summed E-state index contributed by atoms with van der Waals surface area (Å²) < 4.78 is 76.1. The summed E-state index contributed by atoms with van der Waals surface area (Å²) in [5.74, 6) is -1.26. The minimum absolute atomic E-state index is 0.0152. The van der Waals surface area contributed by atoms with E-state index in [1.807, 2.05) is 20.8 Å². The van der Waals surface area contributed by atoms with Gasteiger partial charge in [0.25, 0.3) is 0 Å². The first-order chi connectivity index (χ1) is 28.2. The molecule has 0 radical (unpaired) electrons. The van der Waals surface area contributed by atoms with Crippen LogP contribution in [0.3, 0.4) is 0 Å². The second-order valence-corrected chi connectivity index (χ2v) is 13.0. The molecule has 0 rings (SSSR count). The van der Waals surface area contributed by atoms with Crippen LogP contribution in [0.15, 0.2) is 0 Å². The molecule has 0 bridgehead atoms. The number of rotatable bonds is 46. The number of alkyl carbamates (subject to hydrolysis) is 1. The van der Waals surface area contributed by atoms with Crippen molar-refractivity contribution in [3.8, 4) is 0 Å². The maximum Gasteiger partial charge on any atom is 0.407 e. The number of hydrogen-bond acceptors (Lipinski definition) is 17. The van der Waals surface area contributed by atoms with E-state index in [9.17, 15) is 14.4 Å². The van der Waals surface area contributed by atoms with Gasteiger partial charge in [-0.15, -0.1) is 0 Å². The Bertz CT molecular complexity index is 915. The fraction of sp³-hybridized carbons (Fsp3) is 0.921. The van der Waals surface area contributed by atoms with Crippen LogP contribution in [0.2, 0.25) is 0 Å². The van der Waals surface area contributed by atoms with Crippen molar-refractivity contribution in [2.45, 2.75) is 45.6 Å². The SMILES string of the molecule is CC(C)(C)OC(=O)NCCOCCOCCOCCOCCOCCOCCOCCOCCOCCOCCOCCOCCOCCCNC(=O)CCC(=O)O. The highest BCUT2D eigenvalue weighted by Gasteiger charge is 2.15. The van der Waals surface area contributed by atoms with Gasteiger partial charge in [-0.25, -0.2) is 4.79 Å². The Morgan fingerprint density at radius 3 is 0.931 bits per heavy atom. The topological polar surface area (TPSA) is 225 Å². The first kappa shape index (κ1) is 55.7. The summed E-state index contributed by atoms with van der Waals surface area (Å²) in [5.41, 5.74) is -0.520. The summed E-state index contributed by atoms with van der Waals surface area (Å²) in [6.45, 7) is 18.3. The van der Waals surface area contributed by atoms with E-state index in [1.165, 1.54) is 0 Å². The zero-order valence-corrected chi connectivity index (χ0v) is 35.3. The third kappa shape index (κ3) is 49.8. The fourth-order valence-electron chi connectivity index (χ4n) is 3.99. The Morgan fingerprint density at radius 2 is 0.655 bits per heavy atom. The molecule has 20 nitrogen and oxygen atoms in total. The average molecular weight is 847 g/mol. The van der Waals surface area contributed by atoms with Gasteiger partial charge in [-0.2, -0.15) is 0 Å². The number of nitrogens with one attached hydrogen (secondary N) is 2. The zero-order chi connectivity index (χ0) is 42.5. The van der Waals surface area contributed by atoms with Crippen molar-refractivity contribution >= 4 is 18.0 Å². The molecular formula is C38H74N2O18. The number of carboxylic acid groups (broad SMARTS) is 1. The molecule has 0 saturated carbocycles. The van der Waals surface area contributed by atoms with Gasteiger partial charge in [-0.3, -0.25) is 9.59 Å². The Morgan fingerprint density at radius 1 is 0.379 bits per heavy atom. The number of amides is 2. The van der Waals surface area contributed by atoms with Crippen molar-refractivity contribution in [1.29, 1.82) is 0 Å². The van der Waals surface area contributed by atoms with Crippen LogP contribution in [0.1, 0.15) is 40.0 Å².